The summed E-state index contributed by atoms with van der Waals surface area (Å²) in [5.74, 6) is 0.432. The van der Waals surface area contributed by atoms with Crippen molar-refractivity contribution in [2.24, 2.45) is 5.92 Å². The number of carbonyl (C=O) groups excluding carboxylic acids is 1. The van der Waals surface area contributed by atoms with E-state index in [4.69, 9.17) is 0 Å². The van der Waals surface area contributed by atoms with Gasteiger partial charge in [-0.3, -0.25) is 14.9 Å². The highest BCUT2D eigenvalue weighted by atomic mass is 16.6. The lowest BCUT2D eigenvalue weighted by Gasteiger charge is -2.29. The molecule has 21 heavy (non-hydrogen) atoms. The molecule has 0 bridgehead atoms. The molecule has 0 aliphatic heterocycles. The third-order valence-corrected chi connectivity index (χ3v) is 3.09. The molecule has 6 nitrogen and oxygen atoms in total. The number of hydrogen-bond acceptors (Lipinski definition) is 5. The second kappa shape index (κ2) is 7.73. The number of hydrogen-bond donors (Lipinski definition) is 0. The molecule has 116 valence electrons. The molecule has 0 saturated heterocycles. The third-order valence-electron chi connectivity index (χ3n) is 3.09. The lowest BCUT2D eigenvalue weighted by Crippen LogP contribution is -2.35. The molecule has 0 atom stereocenters. The van der Waals surface area contributed by atoms with Crippen LogP contribution in [0.15, 0.2) is 18.2 Å². The van der Waals surface area contributed by atoms with Crippen LogP contribution in [0.4, 0.5) is 11.4 Å². The summed E-state index contributed by atoms with van der Waals surface area (Å²) < 4.78 is 0. The first kappa shape index (κ1) is 17.1. The van der Waals surface area contributed by atoms with E-state index in [1.54, 1.807) is 6.07 Å². The van der Waals surface area contributed by atoms with E-state index in [1.807, 2.05) is 14.1 Å². The van der Waals surface area contributed by atoms with E-state index in [0.29, 0.717) is 17.8 Å². The number of carbonyl (C=O) groups is 1. The van der Waals surface area contributed by atoms with Crippen molar-refractivity contribution in [2.45, 2.75) is 13.8 Å². The van der Waals surface area contributed by atoms with Crippen molar-refractivity contribution in [3.05, 3.63) is 33.9 Å². The third kappa shape index (κ3) is 5.15. The fourth-order valence-electron chi connectivity index (χ4n) is 2.11. The van der Waals surface area contributed by atoms with Crippen LogP contribution in [0.2, 0.25) is 0 Å². The van der Waals surface area contributed by atoms with Crippen LogP contribution in [-0.2, 0) is 0 Å². The fraction of sp³-hybridized carbons (Fsp3) is 0.533. The van der Waals surface area contributed by atoms with E-state index >= 15 is 0 Å². The lowest BCUT2D eigenvalue weighted by atomic mass is 10.1. The van der Waals surface area contributed by atoms with Crippen LogP contribution in [0, 0.1) is 16.0 Å². The average Bonchev–Trinajstić information content (AvgIpc) is 2.42. The summed E-state index contributed by atoms with van der Waals surface area (Å²) in [5, 5.41) is 10.8. The molecule has 0 aliphatic rings. The Balaban J connectivity index is 3.10. The van der Waals surface area contributed by atoms with E-state index < -0.39 is 4.92 Å². The maximum atomic E-state index is 11.3. The minimum Gasteiger partial charge on any atom is -0.369 e. The van der Waals surface area contributed by atoms with E-state index in [0.717, 1.165) is 25.3 Å². The monoisotopic (exact) mass is 293 g/mol. The zero-order valence-corrected chi connectivity index (χ0v) is 13.1. The Hall–Kier alpha value is -1.95. The number of aldehydes is 1. The normalized spacial score (nSPS) is 11.0. The van der Waals surface area contributed by atoms with Crippen molar-refractivity contribution in [3.8, 4) is 0 Å². The van der Waals surface area contributed by atoms with Crippen LogP contribution < -0.4 is 4.90 Å². The molecule has 1 aromatic carbocycles. The molecule has 0 unspecified atom stereocenters. The van der Waals surface area contributed by atoms with Gasteiger partial charge in [-0.2, -0.15) is 0 Å². The van der Waals surface area contributed by atoms with Crippen LogP contribution in [0.3, 0.4) is 0 Å². The highest BCUT2D eigenvalue weighted by Crippen LogP contribution is 2.25. The molecular formula is C15H23N3O3. The molecule has 0 fully saturated rings. The Morgan fingerprint density at radius 2 is 1.95 bits per heavy atom. The fourth-order valence-corrected chi connectivity index (χ4v) is 2.11. The van der Waals surface area contributed by atoms with Gasteiger partial charge < -0.3 is 9.80 Å². The molecule has 0 saturated carbocycles. The zero-order valence-electron chi connectivity index (χ0n) is 13.1. The topological polar surface area (TPSA) is 66.7 Å². The van der Waals surface area contributed by atoms with E-state index in [1.165, 1.54) is 12.1 Å². The Morgan fingerprint density at radius 3 is 2.43 bits per heavy atom. The average molecular weight is 293 g/mol. The van der Waals surface area contributed by atoms with E-state index in [-0.39, 0.29) is 5.69 Å². The first-order valence-electron chi connectivity index (χ1n) is 6.98. The Kier molecular flexibility index (Phi) is 6.30. The first-order chi connectivity index (χ1) is 9.85. The highest BCUT2D eigenvalue weighted by molar-refractivity contribution is 5.86. The predicted molar refractivity (Wildman–Crippen MR) is 84.1 cm³/mol. The van der Waals surface area contributed by atoms with Crippen molar-refractivity contribution >= 4 is 17.7 Å². The number of non-ortho nitro benzene ring substituents is 1. The van der Waals surface area contributed by atoms with Crippen LogP contribution in [-0.4, -0.2) is 49.8 Å². The summed E-state index contributed by atoms with van der Waals surface area (Å²) >= 11 is 0. The van der Waals surface area contributed by atoms with Crippen LogP contribution in [0.5, 0.6) is 0 Å². The van der Waals surface area contributed by atoms with Gasteiger partial charge in [-0.15, -0.1) is 0 Å². The predicted octanol–water partition coefficient (Wildman–Crippen LogP) is 2.43. The highest BCUT2D eigenvalue weighted by Gasteiger charge is 2.16. The van der Waals surface area contributed by atoms with Crippen LogP contribution in [0.1, 0.15) is 24.2 Å². The molecule has 0 heterocycles. The summed E-state index contributed by atoms with van der Waals surface area (Å²) in [6, 6.07) is 4.45. The Labute approximate surface area is 125 Å². The smallest absolute Gasteiger partial charge is 0.270 e. The molecular weight excluding hydrogens is 270 g/mol. The minimum atomic E-state index is -0.483. The van der Waals surface area contributed by atoms with Gasteiger partial charge in [-0.25, -0.2) is 0 Å². The molecule has 0 aliphatic carbocycles. The van der Waals surface area contributed by atoms with Crippen LogP contribution in [0.25, 0.3) is 0 Å². The number of benzene rings is 1. The van der Waals surface area contributed by atoms with E-state index in [9.17, 15) is 14.9 Å². The van der Waals surface area contributed by atoms with Crippen molar-refractivity contribution < 1.29 is 9.72 Å². The van der Waals surface area contributed by atoms with Gasteiger partial charge >= 0.3 is 0 Å². The summed E-state index contributed by atoms with van der Waals surface area (Å²) in [5.41, 5.74) is 1.06. The van der Waals surface area contributed by atoms with Gasteiger partial charge in [0.1, 0.15) is 0 Å². The zero-order chi connectivity index (χ0) is 16.0. The summed E-state index contributed by atoms with van der Waals surface area (Å²) in [4.78, 5) is 25.8. The van der Waals surface area contributed by atoms with Gasteiger partial charge in [0.25, 0.3) is 5.69 Å². The number of nitro benzene ring substituents is 1. The quantitative estimate of drug-likeness (QED) is 0.418. The van der Waals surface area contributed by atoms with Crippen molar-refractivity contribution in [3.63, 3.8) is 0 Å². The standard InChI is InChI=1S/C15H23N3O3/c1-12(2)10-17(8-7-16(3)4)15-6-5-14(18(20)21)9-13(15)11-19/h5-6,9,11-12H,7-8,10H2,1-4H3. The number of anilines is 1. The maximum absolute atomic E-state index is 11.3. The van der Waals surface area contributed by atoms with Gasteiger partial charge in [0.05, 0.1) is 4.92 Å². The van der Waals surface area contributed by atoms with Crippen molar-refractivity contribution in [1.29, 1.82) is 0 Å². The number of likely N-dealkylation sites (N-methyl/N-ethyl adjacent to an activating group) is 1. The minimum absolute atomic E-state index is 0.0574. The summed E-state index contributed by atoms with van der Waals surface area (Å²) in [7, 11) is 3.98. The molecule has 0 amide bonds. The Bertz CT molecular complexity index is 501. The molecule has 0 N–H and O–H groups in total. The molecule has 0 aromatic heterocycles. The molecule has 1 aromatic rings. The van der Waals surface area contributed by atoms with E-state index in [2.05, 4.69) is 23.6 Å². The largest absolute Gasteiger partial charge is 0.369 e. The van der Waals surface area contributed by atoms with Gasteiger partial charge in [0.2, 0.25) is 0 Å². The van der Waals surface area contributed by atoms with Gasteiger partial charge in [-0.1, -0.05) is 13.8 Å². The second-order valence-electron chi connectivity index (χ2n) is 5.76. The van der Waals surface area contributed by atoms with Crippen molar-refractivity contribution in [2.75, 3.05) is 38.6 Å². The molecule has 0 radical (unpaired) electrons. The molecule has 0 spiro atoms. The SMILES string of the molecule is CC(C)CN(CCN(C)C)c1ccc([N+](=O)[O-])cc1C=O. The molecule has 1 rings (SSSR count). The summed E-state index contributed by atoms with van der Waals surface area (Å²) in [6.45, 7) is 6.63. The van der Waals surface area contributed by atoms with Crippen molar-refractivity contribution in [1.82, 2.24) is 4.90 Å². The summed E-state index contributed by atoms with van der Waals surface area (Å²) in [6.07, 6.45) is 0.686. The number of nitro groups is 1. The second-order valence-corrected chi connectivity index (χ2v) is 5.76. The first-order valence-corrected chi connectivity index (χ1v) is 6.98. The number of nitrogens with zero attached hydrogens (tertiary/aromatic N) is 3. The molecule has 6 heteroatoms. The van der Waals surface area contributed by atoms with Gasteiger partial charge in [-0.05, 0) is 26.1 Å². The number of rotatable bonds is 8. The lowest BCUT2D eigenvalue weighted by molar-refractivity contribution is -0.384. The van der Waals surface area contributed by atoms with Gasteiger partial charge in [0.15, 0.2) is 6.29 Å². The maximum Gasteiger partial charge on any atom is 0.270 e. The van der Waals surface area contributed by atoms with Gasteiger partial charge in [0, 0.05) is 43.0 Å². The van der Waals surface area contributed by atoms with Crippen LogP contribution >= 0.6 is 0 Å². The Morgan fingerprint density at radius 1 is 1.29 bits per heavy atom.